The molecule has 0 atom stereocenters. The summed E-state index contributed by atoms with van der Waals surface area (Å²) in [6.45, 7) is 0. The molecule has 0 unspecified atom stereocenters. The average Bonchev–Trinajstić information content (AvgIpc) is 3.02. The Morgan fingerprint density at radius 3 is 2.59 bits per heavy atom. The molecular formula is C16H12N2OS3. The number of aromatic nitrogens is 1. The monoisotopic (exact) mass is 344 g/mol. The molecule has 0 aliphatic carbocycles. The SMILES string of the molecule is O=C(NSc1cc(Sc2ccccc2)cs1)c1ccncc1. The van der Waals surface area contributed by atoms with E-state index in [1.807, 2.05) is 18.2 Å². The number of hydrogen-bond acceptors (Lipinski definition) is 5. The van der Waals surface area contributed by atoms with Crippen molar-refractivity contribution in [3.05, 3.63) is 71.9 Å². The highest BCUT2D eigenvalue weighted by Crippen LogP contribution is 2.34. The first-order valence-corrected chi connectivity index (χ1v) is 9.01. The summed E-state index contributed by atoms with van der Waals surface area (Å²) in [5.41, 5.74) is 0.609. The summed E-state index contributed by atoms with van der Waals surface area (Å²) in [5, 5.41) is 2.10. The molecule has 1 amide bonds. The van der Waals surface area contributed by atoms with E-state index >= 15 is 0 Å². The van der Waals surface area contributed by atoms with Crippen LogP contribution in [-0.4, -0.2) is 10.9 Å². The predicted molar refractivity (Wildman–Crippen MR) is 92.4 cm³/mol. The molecule has 0 saturated heterocycles. The molecule has 0 fully saturated rings. The molecule has 0 aliphatic heterocycles. The van der Waals surface area contributed by atoms with Crippen LogP contribution in [0.5, 0.6) is 0 Å². The Labute approximate surface area is 141 Å². The molecule has 1 N–H and O–H groups in total. The van der Waals surface area contributed by atoms with Gasteiger partial charge < -0.3 is 0 Å². The van der Waals surface area contributed by atoms with E-state index in [1.54, 1.807) is 47.6 Å². The highest BCUT2D eigenvalue weighted by Gasteiger charge is 2.07. The number of benzene rings is 1. The average molecular weight is 344 g/mol. The topological polar surface area (TPSA) is 42.0 Å². The van der Waals surface area contributed by atoms with Crippen LogP contribution < -0.4 is 4.72 Å². The summed E-state index contributed by atoms with van der Waals surface area (Å²) in [7, 11) is 0. The van der Waals surface area contributed by atoms with Gasteiger partial charge in [0.1, 0.15) is 0 Å². The van der Waals surface area contributed by atoms with Crippen LogP contribution in [0.25, 0.3) is 0 Å². The summed E-state index contributed by atoms with van der Waals surface area (Å²) in [6, 6.07) is 15.7. The minimum atomic E-state index is -0.113. The van der Waals surface area contributed by atoms with Gasteiger partial charge in [-0.25, -0.2) is 0 Å². The first-order chi connectivity index (χ1) is 10.8. The third kappa shape index (κ3) is 4.13. The van der Waals surface area contributed by atoms with Crippen LogP contribution in [0.1, 0.15) is 10.4 Å². The normalized spacial score (nSPS) is 10.4. The molecule has 1 aromatic carbocycles. The summed E-state index contributed by atoms with van der Waals surface area (Å²) in [4.78, 5) is 18.2. The second-order valence-corrected chi connectivity index (χ2v) is 7.45. The van der Waals surface area contributed by atoms with E-state index in [1.165, 1.54) is 21.7 Å². The maximum atomic E-state index is 12.0. The molecule has 0 radical (unpaired) electrons. The number of hydrogen-bond donors (Lipinski definition) is 1. The number of amides is 1. The van der Waals surface area contributed by atoms with Gasteiger partial charge in [0, 0.05) is 33.1 Å². The molecule has 6 heteroatoms. The van der Waals surface area contributed by atoms with E-state index in [4.69, 9.17) is 0 Å². The lowest BCUT2D eigenvalue weighted by molar-refractivity contribution is 0.0984. The summed E-state index contributed by atoms with van der Waals surface area (Å²) < 4.78 is 3.90. The lowest BCUT2D eigenvalue weighted by Crippen LogP contribution is -2.15. The number of pyridine rings is 1. The number of carbonyl (C=O) groups is 1. The molecule has 3 nitrogen and oxygen atoms in total. The van der Waals surface area contributed by atoms with Crippen molar-refractivity contribution in [3.63, 3.8) is 0 Å². The number of nitrogens with one attached hydrogen (secondary N) is 1. The van der Waals surface area contributed by atoms with E-state index in [2.05, 4.69) is 33.3 Å². The van der Waals surface area contributed by atoms with Crippen molar-refractivity contribution in [2.24, 2.45) is 0 Å². The fourth-order valence-electron chi connectivity index (χ4n) is 1.69. The van der Waals surface area contributed by atoms with Crippen LogP contribution in [0.3, 0.4) is 0 Å². The van der Waals surface area contributed by atoms with E-state index < -0.39 is 0 Å². The quantitative estimate of drug-likeness (QED) is 0.679. The molecule has 0 bridgehead atoms. The highest BCUT2D eigenvalue weighted by molar-refractivity contribution is 8.00. The number of nitrogens with zero attached hydrogens (tertiary/aromatic N) is 1. The molecule has 0 spiro atoms. The molecule has 2 aromatic heterocycles. The first kappa shape index (κ1) is 15.1. The van der Waals surface area contributed by atoms with Crippen molar-refractivity contribution in [2.45, 2.75) is 14.0 Å². The lowest BCUT2D eigenvalue weighted by Gasteiger charge is -2.01. The zero-order valence-corrected chi connectivity index (χ0v) is 13.9. The molecule has 0 aliphatic rings. The van der Waals surface area contributed by atoms with Crippen LogP contribution in [0.15, 0.2) is 80.3 Å². The van der Waals surface area contributed by atoms with Crippen LogP contribution in [-0.2, 0) is 0 Å². The van der Waals surface area contributed by atoms with E-state index in [-0.39, 0.29) is 5.91 Å². The van der Waals surface area contributed by atoms with Crippen molar-refractivity contribution in [3.8, 4) is 0 Å². The molecular weight excluding hydrogens is 332 g/mol. The van der Waals surface area contributed by atoms with E-state index in [0.29, 0.717) is 5.56 Å². The summed E-state index contributed by atoms with van der Waals surface area (Å²) >= 11 is 4.68. The zero-order valence-electron chi connectivity index (χ0n) is 11.4. The van der Waals surface area contributed by atoms with Gasteiger partial charge in [0.05, 0.1) is 4.21 Å². The first-order valence-electron chi connectivity index (χ1n) is 6.50. The summed E-state index contributed by atoms with van der Waals surface area (Å²) in [5.74, 6) is -0.113. The van der Waals surface area contributed by atoms with Crippen LogP contribution in [0.4, 0.5) is 0 Å². The molecule has 3 rings (SSSR count). The fourth-order valence-corrected chi connectivity index (χ4v) is 4.37. The Hall–Kier alpha value is -1.76. The van der Waals surface area contributed by atoms with Gasteiger partial charge in [0.15, 0.2) is 0 Å². The third-order valence-corrected chi connectivity index (χ3v) is 5.71. The molecule has 22 heavy (non-hydrogen) atoms. The number of thiophene rings is 1. The van der Waals surface area contributed by atoms with Crippen molar-refractivity contribution >= 4 is 41.0 Å². The lowest BCUT2D eigenvalue weighted by atomic mass is 10.3. The van der Waals surface area contributed by atoms with Gasteiger partial charge in [-0.3, -0.25) is 14.5 Å². The maximum absolute atomic E-state index is 12.0. The van der Waals surface area contributed by atoms with Gasteiger partial charge in [-0.2, -0.15) is 0 Å². The van der Waals surface area contributed by atoms with Crippen LogP contribution >= 0.6 is 35.0 Å². The minimum Gasteiger partial charge on any atom is -0.291 e. The number of carbonyl (C=O) groups excluding carboxylic acids is 1. The fraction of sp³-hybridized carbons (Fsp3) is 0. The minimum absolute atomic E-state index is 0.113. The Balaban J connectivity index is 1.57. The van der Waals surface area contributed by atoms with E-state index in [9.17, 15) is 4.79 Å². The molecule has 2 heterocycles. The van der Waals surface area contributed by atoms with Gasteiger partial charge in [0.2, 0.25) is 0 Å². The van der Waals surface area contributed by atoms with Crippen molar-refractivity contribution in [1.29, 1.82) is 0 Å². The standard InChI is InChI=1S/C16H12N2OS3/c19-16(12-6-8-17-9-7-12)18-22-15-10-14(11-20-15)21-13-4-2-1-3-5-13/h1-11H,(H,18,19). The molecule has 110 valence electrons. The predicted octanol–water partition coefficient (Wildman–Crippen LogP) is 4.73. The maximum Gasteiger partial charge on any atom is 0.261 e. The highest BCUT2D eigenvalue weighted by atomic mass is 32.2. The number of rotatable bonds is 5. The molecule has 0 saturated carbocycles. The van der Waals surface area contributed by atoms with E-state index in [0.717, 1.165) is 4.21 Å². The van der Waals surface area contributed by atoms with Gasteiger partial charge in [-0.1, -0.05) is 30.0 Å². The van der Waals surface area contributed by atoms with Gasteiger partial charge in [0.25, 0.3) is 5.91 Å². The summed E-state index contributed by atoms with van der Waals surface area (Å²) in [6.07, 6.45) is 3.22. The van der Waals surface area contributed by atoms with Crippen molar-refractivity contribution in [2.75, 3.05) is 0 Å². The van der Waals surface area contributed by atoms with Crippen molar-refractivity contribution in [1.82, 2.24) is 9.71 Å². The van der Waals surface area contributed by atoms with Gasteiger partial charge in [-0.05, 0) is 42.3 Å². The molecule has 3 aromatic rings. The Morgan fingerprint density at radius 1 is 1.05 bits per heavy atom. The second-order valence-electron chi connectivity index (χ2n) is 4.29. The third-order valence-electron chi connectivity index (χ3n) is 2.72. The smallest absolute Gasteiger partial charge is 0.261 e. The van der Waals surface area contributed by atoms with Crippen molar-refractivity contribution < 1.29 is 4.79 Å². The van der Waals surface area contributed by atoms with Gasteiger partial charge in [-0.15, -0.1) is 11.3 Å². The zero-order chi connectivity index (χ0) is 15.2. The Kier molecular flexibility index (Phi) is 5.15. The Morgan fingerprint density at radius 2 is 1.82 bits per heavy atom. The van der Waals surface area contributed by atoms with Crippen LogP contribution in [0, 0.1) is 0 Å². The largest absolute Gasteiger partial charge is 0.291 e. The Bertz CT molecular complexity index is 744. The second kappa shape index (κ2) is 7.49. The van der Waals surface area contributed by atoms with Gasteiger partial charge >= 0.3 is 0 Å². The van der Waals surface area contributed by atoms with Crippen LogP contribution in [0.2, 0.25) is 0 Å².